The van der Waals surface area contributed by atoms with E-state index in [0.29, 0.717) is 11.5 Å². The van der Waals surface area contributed by atoms with Crippen LogP contribution in [0.1, 0.15) is 32.6 Å². The third-order valence-corrected chi connectivity index (χ3v) is 5.11. The van der Waals surface area contributed by atoms with Crippen molar-refractivity contribution in [3.63, 3.8) is 0 Å². The highest BCUT2D eigenvalue weighted by Gasteiger charge is 2.36. The number of nitro groups is 1. The fourth-order valence-electron chi connectivity index (χ4n) is 2.94. The number of aliphatic hydroxyl groups is 1. The van der Waals surface area contributed by atoms with Crippen LogP contribution >= 0.6 is 11.3 Å². The van der Waals surface area contributed by atoms with Gasteiger partial charge >= 0.3 is 5.82 Å². The number of hydrogen-bond donors (Lipinski definition) is 2. The number of hydrogen-bond acceptors (Lipinski definition) is 6. The van der Waals surface area contributed by atoms with Gasteiger partial charge in [-0.15, -0.1) is 0 Å². The SMILES string of the molecule is CC1(CNc2nc3sccn3c2[N+](=O)[O-])CCCCC1O. The molecule has 0 aromatic carbocycles. The molecule has 0 spiro atoms. The normalized spacial score (nSPS) is 26.1. The Labute approximate surface area is 125 Å². The average Bonchev–Trinajstić information content (AvgIpc) is 2.99. The van der Waals surface area contributed by atoms with Gasteiger partial charge in [-0.2, -0.15) is 9.38 Å². The second-order valence-electron chi connectivity index (χ2n) is 5.87. The van der Waals surface area contributed by atoms with Crippen molar-refractivity contribution >= 4 is 27.9 Å². The molecule has 114 valence electrons. The number of thiazole rings is 1. The van der Waals surface area contributed by atoms with Crippen molar-refractivity contribution in [1.82, 2.24) is 9.38 Å². The second-order valence-corrected chi connectivity index (χ2v) is 6.74. The molecule has 1 aliphatic carbocycles. The van der Waals surface area contributed by atoms with E-state index in [2.05, 4.69) is 10.3 Å². The molecule has 0 aliphatic heterocycles. The largest absolute Gasteiger partial charge is 0.392 e. The lowest BCUT2D eigenvalue weighted by Gasteiger charge is -2.38. The van der Waals surface area contributed by atoms with E-state index in [1.807, 2.05) is 6.92 Å². The van der Waals surface area contributed by atoms with Crippen LogP contribution < -0.4 is 5.32 Å². The Morgan fingerprint density at radius 2 is 2.48 bits per heavy atom. The third kappa shape index (κ3) is 2.49. The summed E-state index contributed by atoms with van der Waals surface area (Å²) in [6.07, 6.45) is 5.09. The van der Waals surface area contributed by atoms with Crippen LogP contribution in [0.2, 0.25) is 0 Å². The fourth-order valence-corrected chi connectivity index (χ4v) is 3.65. The summed E-state index contributed by atoms with van der Waals surface area (Å²) >= 11 is 1.36. The van der Waals surface area contributed by atoms with Gasteiger partial charge in [-0.25, -0.2) is 0 Å². The molecular weight excluding hydrogens is 292 g/mol. The lowest BCUT2D eigenvalue weighted by Crippen LogP contribution is -2.41. The van der Waals surface area contributed by atoms with Crippen LogP contribution in [0.15, 0.2) is 11.6 Å². The maximum atomic E-state index is 11.3. The average molecular weight is 310 g/mol. The second kappa shape index (κ2) is 5.27. The van der Waals surface area contributed by atoms with E-state index in [9.17, 15) is 15.2 Å². The number of fused-ring (bicyclic) bond motifs is 1. The summed E-state index contributed by atoms with van der Waals surface area (Å²) in [6, 6.07) is 0. The highest BCUT2D eigenvalue weighted by atomic mass is 32.1. The summed E-state index contributed by atoms with van der Waals surface area (Å²) in [4.78, 5) is 15.7. The Balaban J connectivity index is 1.83. The molecule has 0 bridgehead atoms. The smallest absolute Gasteiger partial charge is 0.372 e. The minimum absolute atomic E-state index is 0.0415. The Morgan fingerprint density at radius 1 is 1.67 bits per heavy atom. The van der Waals surface area contributed by atoms with Crippen molar-refractivity contribution < 1.29 is 10.0 Å². The zero-order valence-corrected chi connectivity index (χ0v) is 12.6. The van der Waals surface area contributed by atoms with Gasteiger partial charge in [0.25, 0.3) is 4.96 Å². The zero-order valence-electron chi connectivity index (χ0n) is 11.8. The molecule has 1 aliphatic rings. The predicted octanol–water partition coefficient (Wildman–Crippen LogP) is 2.66. The Bertz CT molecular complexity index is 667. The minimum Gasteiger partial charge on any atom is -0.392 e. The van der Waals surface area contributed by atoms with Crippen LogP contribution in [0, 0.1) is 15.5 Å². The molecule has 2 unspecified atom stereocenters. The highest BCUT2D eigenvalue weighted by molar-refractivity contribution is 7.15. The van der Waals surface area contributed by atoms with Gasteiger partial charge in [-0.05, 0) is 17.8 Å². The van der Waals surface area contributed by atoms with Crippen molar-refractivity contribution in [2.24, 2.45) is 5.41 Å². The van der Waals surface area contributed by atoms with Crippen molar-refractivity contribution in [3.8, 4) is 0 Å². The first-order valence-electron chi connectivity index (χ1n) is 7.03. The number of nitrogens with one attached hydrogen (secondary N) is 1. The number of nitrogens with zero attached hydrogens (tertiary/aromatic N) is 3. The molecular formula is C13H18N4O3S. The molecule has 2 aromatic rings. The first-order valence-corrected chi connectivity index (χ1v) is 7.91. The van der Waals surface area contributed by atoms with Gasteiger partial charge in [-0.1, -0.05) is 31.1 Å². The maximum Gasteiger partial charge on any atom is 0.372 e. The standard InChI is InChI=1S/C13H18N4O3S/c1-13(5-3-2-4-9(13)18)8-14-10-11(17(19)20)16-6-7-21-12(16)15-10/h6-7,9,14,18H,2-5,8H2,1H3. The Hall–Kier alpha value is -1.67. The van der Waals surface area contributed by atoms with Gasteiger partial charge in [0.2, 0.25) is 5.82 Å². The van der Waals surface area contributed by atoms with Crippen LogP contribution in [-0.4, -0.2) is 32.1 Å². The molecule has 7 nitrogen and oxygen atoms in total. The lowest BCUT2D eigenvalue weighted by molar-refractivity contribution is -0.389. The van der Waals surface area contributed by atoms with E-state index in [-0.39, 0.29) is 23.2 Å². The molecule has 0 saturated heterocycles. The Morgan fingerprint density at radius 3 is 3.19 bits per heavy atom. The molecule has 0 radical (unpaired) electrons. The van der Waals surface area contributed by atoms with Gasteiger partial charge in [-0.3, -0.25) is 0 Å². The van der Waals surface area contributed by atoms with E-state index in [0.717, 1.165) is 25.7 Å². The number of imidazole rings is 1. The summed E-state index contributed by atoms with van der Waals surface area (Å²) in [5, 5.41) is 26.3. The predicted molar refractivity (Wildman–Crippen MR) is 80.8 cm³/mol. The van der Waals surface area contributed by atoms with Gasteiger partial charge < -0.3 is 20.5 Å². The summed E-state index contributed by atoms with van der Waals surface area (Å²) in [5.74, 6) is 0.242. The lowest BCUT2D eigenvalue weighted by atomic mass is 9.73. The maximum absolute atomic E-state index is 11.3. The van der Waals surface area contributed by atoms with Crippen LogP contribution in [0.3, 0.4) is 0 Å². The van der Waals surface area contributed by atoms with E-state index >= 15 is 0 Å². The van der Waals surface area contributed by atoms with Crippen LogP contribution in [0.5, 0.6) is 0 Å². The van der Waals surface area contributed by atoms with Crippen LogP contribution in [0.25, 0.3) is 4.96 Å². The fraction of sp³-hybridized carbons (Fsp3) is 0.615. The zero-order chi connectivity index (χ0) is 15.0. The number of aromatic nitrogens is 2. The minimum atomic E-state index is -0.422. The molecule has 2 heterocycles. The summed E-state index contributed by atoms with van der Waals surface area (Å²) in [7, 11) is 0. The topological polar surface area (TPSA) is 92.7 Å². The highest BCUT2D eigenvalue weighted by Crippen LogP contribution is 2.37. The molecule has 1 fully saturated rings. The summed E-state index contributed by atoms with van der Waals surface area (Å²) < 4.78 is 1.48. The van der Waals surface area contributed by atoms with Crippen molar-refractivity contribution in [1.29, 1.82) is 0 Å². The van der Waals surface area contributed by atoms with E-state index in [1.54, 1.807) is 11.6 Å². The molecule has 2 N–H and O–H groups in total. The van der Waals surface area contributed by atoms with Crippen LogP contribution in [0.4, 0.5) is 11.6 Å². The van der Waals surface area contributed by atoms with Gasteiger partial charge in [0.15, 0.2) is 0 Å². The summed E-state index contributed by atoms with van der Waals surface area (Å²) in [5.41, 5.74) is -0.261. The van der Waals surface area contributed by atoms with E-state index in [4.69, 9.17) is 0 Å². The Kier molecular flexibility index (Phi) is 3.58. The van der Waals surface area contributed by atoms with Crippen LogP contribution in [-0.2, 0) is 0 Å². The molecule has 2 aromatic heterocycles. The van der Waals surface area contributed by atoms with Gasteiger partial charge in [0.1, 0.15) is 6.20 Å². The summed E-state index contributed by atoms with van der Waals surface area (Å²) in [6.45, 7) is 2.51. The quantitative estimate of drug-likeness (QED) is 0.669. The molecule has 3 rings (SSSR count). The monoisotopic (exact) mass is 310 g/mol. The van der Waals surface area contributed by atoms with Crippen molar-refractivity contribution in [2.45, 2.75) is 38.7 Å². The molecule has 8 heteroatoms. The van der Waals surface area contributed by atoms with E-state index in [1.165, 1.54) is 15.7 Å². The number of rotatable bonds is 4. The molecule has 2 atom stereocenters. The molecule has 21 heavy (non-hydrogen) atoms. The van der Waals surface area contributed by atoms with Gasteiger partial charge in [0, 0.05) is 17.3 Å². The van der Waals surface area contributed by atoms with Gasteiger partial charge in [0.05, 0.1) is 6.10 Å². The third-order valence-electron chi connectivity index (χ3n) is 4.35. The number of aliphatic hydroxyl groups excluding tert-OH is 1. The van der Waals surface area contributed by atoms with E-state index < -0.39 is 4.92 Å². The van der Waals surface area contributed by atoms with Crippen molar-refractivity contribution in [2.75, 3.05) is 11.9 Å². The number of anilines is 1. The van der Waals surface area contributed by atoms with Crippen molar-refractivity contribution in [3.05, 3.63) is 21.7 Å². The first-order chi connectivity index (χ1) is 10.0. The first kappa shape index (κ1) is 14.3. The molecule has 0 amide bonds. The molecule has 1 saturated carbocycles.